The molecule has 2 heterocycles. The molecule has 10 atom stereocenters. The van der Waals surface area contributed by atoms with Crippen LogP contribution in [0.3, 0.4) is 0 Å². The van der Waals surface area contributed by atoms with Crippen molar-refractivity contribution in [3.8, 4) is 0 Å². The van der Waals surface area contributed by atoms with Gasteiger partial charge in [-0.25, -0.2) is 0 Å². The number of rotatable bonds is 9. The quantitative estimate of drug-likeness (QED) is 0.211. The molecular weight excluding hydrogens is 492 g/mol. The summed E-state index contributed by atoms with van der Waals surface area (Å²) in [5.41, 5.74) is 0. The van der Waals surface area contributed by atoms with Gasteiger partial charge < -0.3 is 53.2 Å². The average Bonchev–Trinajstić information content (AvgIpc) is 2.78. The number of hydrogen-bond acceptors (Lipinski definition) is 15. The Morgan fingerprint density at radius 2 is 1.22 bits per heavy atom. The zero-order chi connectivity index (χ0) is 27.2. The molecule has 36 heavy (non-hydrogen) atoms. The molecule has 0 aromatic rings. The van der Waals surface area contributed by atoms with Crippen LogP contribution in [0.25, 0.3) is 0 Å². The van der Waals surface area contributed by atoms with E-state index < -0.39 is 98.5 Å². The number of methoxy groups -OCH3 is 1. The van der Waals surface area contributed by atoms with E-state index in [-0.39, 0.29) is 0 Å². The Morgan fingerprint density at radius 3 is 1.72 bits per heavy atom. The Hall–Kier alpha value is -2.40. The lowest BCUT2D eigenvalue weighted by Crippen LogP contribution is -2.66. The summed E-state index contributed by atoms with van der Waals surface area (Å²) >= 11 is 0. The molecule has 0 saturated carbocycles. The molecule has 2 fully saturated rings. The SMILES string of the molecule is CO[C@H]1O[C@H](CO)[C@@H](O)[C@H](O[C@H]2O[C@H](COC(C)=O)[C@@H](OC(C)=O)[C@H](OC(C)=O)[C@@H]2OC(C)=O)[C@@H]1O. The van der Waals surface area contributed by atoms with Crippen molar-refractivity contribution in [2.24, 2.45) is 0 Å². The minimum Gasteiger partial charge on any atom is -0.463 e. The molecule has 206 valence electrons. The number of aliphatic hydroxyl groups excluding tert-OH is 3. The fourth-order valence-corrected chi connectivity index (χ4v) is 3.86. The minimum absolute atomic E-state index is 0.490. The molecule has 0 radical (unpaired) electrons. The maximum Gasteiger partial charge on any atom is 0.303 e. The van der Waals surface area contributed by atoms with E-state index in [0.717, 1.165) is 27.7 Å². The number of aliphatic hydroxyl groups is 3. The predicted octanol–water partition coefficient (Wildman–Crippen LogP) is -2.46. The third kappa shape index (κ3) is 7.55. The second kappa shape index (κ2) is 13.2. The van der Waals surface area contributed by atoms with Gasteiger partial charge in [0.05, 0.1) is 6.61 Å². The van der Waals surface area contributed by atoms with E-state index >= 15 is 0 Å². The van der Waals surface area contributed by atoms with Gasteiger partial charge in [-0.05, 0) is 0 Å². The zero-order valence-corrected chi connectivity index (χ0v) is 20.4. The smallest absolute Gasteiger partial charge is 0.303 e. The molecule has 15 heteroatoms. The molecule has 2 aliphatic rings. The van der Waals surface area contributed by atoms with Crippen LogP contribution in [0.15, 0.2) is 0 Å². The number of ether oxygens (including phenoxy) is 8. The molecule has 0 aromatic heterocycles. The van der Waals surface area contributed by atoms with E-state index in [0.29, 0.717) is 0 Å². The summed E-state index contributed by atoms with van der Waals surface area (Å²) in [6, 6.07) is 0. The summed E-state index contributed by atoms with van der Waals surface area (Å²) in [5, 5.41) is 30.8. The number of esters is 4. The van der Waals surface area contributed by atoms with Gasteiger partial charge in [0, 0.05) is 34.8 Å². The zero-order valence-electron chi connectivity index (χ0n) is 20.4. The fourth-order valence-electron chi connectivity index (χ4n) is 3.86. The van der Waals surface area contributed by atoms with Crippen LogP contribution in [0.5, 0.6) is 0 Å². The molecule has 3 N–H and O–H groups in total. The predicted molar refractivity (Wildman–Crippen MR) is 112 cm³/mol. The summed E-state index contributed by atoms with van der Waals surface area (Å²) in [5.74, 6) is -3.20. The largest absolute Gasteiger partial charge is 0.463 e. The highest BCUT2D eigenvalue weighted by Gasteiger charge is 2.55. The summed E-state index contributed by atoms with van der Waals surface area (Å²) in [6.45, 7) is 3.16. The van der Waals surface area contributed by atoms with Gasteiger partial charge >= 0.3 is 23.9 Å². The van der Waals surface area contributed by atoms with Crippen LogP contribution in [0.1, 0.15) is 27.7 Å². The Kier molecular flexibility index (Phi) is 11.0. The molecular formula is C21H32O15. The first-order valence-corrected chi connectivity index (χ1v) is 11.0. The summed E-state index contributed by atoms with van der Waals surface area (Å²) in [4.78, 5) is 47.0. The highest BCUT2D eigenvalue weighted by molar-refractivity contribution is 5.68. The van der Waals surface area contributed by atoms with Crippen LogP contribution in [0.4, 0.5) is 0 Å². The molecule has 0 spiro atoms. The van der Waals surface area contributed by atoms with Crippen LogP contribution in [-0.2, 0) is 57.1 Å². The van der Waals surface area contributed by atoms with Gasteiger partial charge in [0.15, 0.2) is 30.9 Å². The second-order valence-corrected chi connectivity index (χ2v) is 8.11. The minimum atomic E-state index is -1.66. The van der Waals surface area contributed by atoms with Gasteiger partial charge in [-0.2, -0.15) is 0 Å². The van der Waals surface area contributed by atoms with E-state index in [1.54, 1.807) is 0 Å². The van der Waals surface area contributed by atoms with Crippen molar-refractivity contribution in [2.75, 3.05) is 20.3 Å². The number of hydrogen-bond donors (Lipinski definition) is 3. The molecule has 2 rings (SSSR count). The van der Waals surface area contributed by atoms with Crippen LogP contribution in [-0.4, -0.2) is 121 Å². The number of carbonyl (C=O) groups excluding carboxylic acids is 4. The van der Waals surface area contributed by atoms with Crippen molar-refractivity contribution >= 4 is 23.9 Å². The number of carbonyl (C=O) groups is 4. The van der Waals surface area contributed by atoms with Crippen molar-refractivity contribution in [3.63, 3.8) is 0 Å². The monoisotopic (exact) mass is 524 g/mol. The average molecular weight is 524 g/mol. The van der Waals surface area contributed by atoms with E-state index in [4.69, 9.17) is 37.9 Å². The van der Waals surface area contributed by atoms with E-state index in [1.165, 1.54) is 7.11 Å². The molecule has 0 bridgehead atoms. The highest BCUT2D eigenvalue weighted by atomic mass is 16.8. The van der Waals surface area contributed by atoms with E-state index in [1.807, 2.05) is 0 Å². The Morgan fingerprint density at radius 1 is 0.694 bits per heavy atom. The molecule has 0 aliphatic carbocycles. The Balaban J connectivity index is 2.48. The van der Waals surface area contributed by atoms with Crippen molar-refractivity contribution in [3.05, 3.63) is 0 Å². The van der Waals surface area contributed by atoms with Gasteiger partial charge in [0.25, 0.3) is 0 Å². The van der Waals surface area contributed by atoms with Crippen molar-refractivity contribution in [1.82, 2.24) is 0 Å². The topological polar surface area (TPSA) is 203 Å². The van der Waals surface area contributed by atoms with E-state index in [2.05, 4.69) is 0 Å². The maximum atomic E-state index is 11.9. The van der Waals surface area contributed by atoms with Crippen LogP contribution >= 0.6 is 0 Å². The molecule has 15 nitrogen and oxygen atoms in total. The van der Waals surface area contributed by atoms with Crippen LogP contribution < -0.4 is 0 Å². The molecule has 2 saturated heterocycles. The van der Waals surface area contributed by atoms with Crippen molar-refractivity contribution < 1.29 is 72.4 Å². The van der Waals surface area contributed by atoms with Crippen molar-refractivity contribution in [1.29, 1.82) is 0 Å². The summed E-state index contributed by atoms with van der Waals surface area (Å²) < 4.78 is 42.7. The van der Waals surface area contributed by atoms with Gasteiger partial charge in [-0.3, -0.25) is 19.2 Å². The lowest BCUT2D eigenvalue weighted by molar-refractivity contribution is -0.359. The normalized spacial score (nSPS) is 36.4. The fraction of sp³-hybridized carbons (Fsp3) is 0.810. The molecule has 0 amide bonds. The second-order valence-electron chi connectivity index (χ2n) is 8.11. The van der Waals surface area contributed by atoms with Crippen LogP contribution in [0.2, 0.25) is 0 Å². The summed E-state index contributed by atoms with van der Waals surface area (Å²) in [6.07, 6.45) is -14.7. The maximum absolute atomic E-state index is 11.9. The lowest BCUT2D eigenvalue weighted by atomic mass is 9.96. The third-order valence-corrected chi connectivity index (χ3v) is 5.29. The first kappa shape index (κ1) is 29.8. The van der Waals surface area contributed by atoms with Gasteiger partial charge in [0.2, 0.25) is 0 Å². The van der Waals surface area contributed by atoms with E-state index in [9.17, 15) is 34.5 Å². The van der Waals surface area contributed by atoms with Gasteiger partial charge in [-0.15, -0.1) is 0 Å². The van der Waals surface area contributed by atoms with Crippen LogP contribution in [0, 0.1) is 0 Å². The molecule has 0 unspecified atom stereocenters. The lowest BCUT2D eigenvalue weighted by Gasteiger charge is -2.47. The Bertz CT molecular complexity index is 771. The van der Waals surface area contributed by atoms with Gasteiger partial charge in [0.1, 0.15) is 37.1 Å². The highest BCUT2D eigenvalue weighted by Crippen LogP contribution is 2.33. The third-order valence-electron chi connectivity index (χ3n) is 5.29. The first-order valence-electron chi connectivity index (χ1n) is 11.0. The standard InChI is InChI=1S/C21H32O15/c1-8(23)30-7-13-16(31-9(2)24)18(32-10(3)25)19(33-11(4)26)21(35-13)36-17-14(27)12(6-22)34-20(29-5)15(17)28/h12-22,27-28H,6-7H2,1-5H3/t12-,13-,14-,15+,16-,17+,18+,19+,20+,21-/m1/s1. The Labute approximate surface area is 206 Å². The molecule has 0 aromatic carbocycles. The summed E-state index contributed by atoms with van der Waals surface area (Å²) in [7, 11) is 1.21. The van der Waals surface area contributed by atoms with Gasteiger partial charge in [-0.1, -0.05) is 0 Å². The van der Waals surface area contributed by atoms with Crippen molar-refractivity contribution in [2.45, 2.75) is 89.1 Å². The molecule has 2 aliphatic heterocycles. The first-order chi connectivity index (χ1) is 16.9.